The average Bonchev–Trinajstić information content (AvgIpc) is 2.96. The predicted molar refractivity (Wildman–Crippen MR) is 178 cm³/mol. The van der Waals surface area contributed by atoms with Crippen LogP contribution in [0.4, 0.5) is 0 Å². The number of benzene rings is 1. The Hall–Kier alpha value is -2.90. The number of hydrogen-bond donors (Lipinski definition) is 2. The second-order valence-corrected chi connectivity index (χ2v) is 13.3. The van der Waals surface area contributed by atoms with Crippen LogP contribution in [0.3, 0.4) is 0 Å². The van der Waals surface area contributed by atoms with Crippen molar-refractivity contribution in [3.8, 4) is 11.5 Å². The number of carbonyl (C=O) groups is 4. The van der Waals surface area contributed by atoms with E-state index in [-0.39, 0.29) is 38.5 Å². The lowest BCUT2D eigenvalue weighted by Crippen LogP contribution is -2.16. The summed E-state index contributed by atoms with van der Waals surface area (Å²) in [4.78, 5) is 47.0. The molecule has 0 saturated heterocycles. The minimum Gasteiger partial charge on any atom is -0.481 e. The van der Waals surface area contributed by atoms with E-state index in [1.54, 1.807) is 0 Å². The predicted octanol–water partition coefficient (Wildman–Crippen LogP) is 9.45. The molecule has 8 heteroatoms. The molecule has 0 aromatic heterocycles. The van der Waals surface area contributed by atoms with Gasteiger partial charge >= 0.3 is 23.9 Å². The Kier molecular flexibility index (Phi) is 20.1. The van der Waals surface area contributed by atoms with Crippen LogP contribution in [0.5, 0.6) is 11.5 Å². The van der Waals surface area contributed by atoms with E-state index in [0.29, 0.717) is 35.0 Å². The monoisotopic (exact) mass is 632 g/mol. The lowest BCUT2D eigenvalue weighted by molar-refractivity contribution is -0.139. The molecule has 0 saturated carbocycles. The molecule has 1 rings (SSSR count). The molecule has 0 heterocycles. The molecule has 256 valence electrons. The number of rotatable bonds is 25. The number of aliphatic carboxylic acids is 2. The van der Waals surface area contributed by atoms with Crippen LogP contribution in [-0.2, 0) is 25.6 Å². The Morgan fingerprint density at radius 3 is 1.42 bits per heavy atom. The molecule has 0 amide bonds. The minimum atomic E-state index is -0.958. The summed E-state index contributed by atoms with van der Waals surface area (Å²) in [7, 11) is 0. The molecule has 0 fully saturated rings. The summed E-state index contributed by atoms with van der Waals surface area (Å²) in [6.07, 6.45) is 15.9. The van der Waals surface area contributed by atoms with E-state index in [1.807, 2.05) is 20.8 Å². The van der Waals surface area contributed by atoms with Crippen molar-refractivity contribution in [3.63, 3.8) is 0 Å². The van der Waals surface area contributed by atoms with E-state index in [4.69, 9.17) is 19.7 Å². The topological polar surface area (TPSA) is 127 Å². The first-order chi connectivity index (χ1) is 21.3. The van der Waals surface area contributed by atoms with Crippen molar-refractivity contribution in [2.75, 3.05) is 0 Å². The quantitative estimate of drug-likeness (QED) is 0.0620. The molecule has 1 aromatic carbocycles. The number of unbranched alkanes of at least 4 members (excludes halogenated alkanes) is 8. The van der Waals surface area contributed by atoms with Gasteiger partial charge in [-0.05, 0) is 75.0 Å². The van der Waals surface area contributed by atoms with Gasteiger partial charge in [0.05, 0.1) is 0 Å². The Morgan fingerprint density at radius 1 is 0.533 bits per heavy atom. The van der Waals surface area contributed by atoms with Crippen LogP contribution in [0.2, 0.25) is 0 Å². The van der Waals surface area contributed by atoms with Crippen LogP contribution in [0.25, 0.3) is 0 Å². The first-order valence-electron chi connectivity index (χ1n) is 17.3. The maximum absolute atomic E-state index is 12.7. The number of hydrogen-bond acceptors (Lipinski definition) is 6. The highest BCUT2D eigenvalue weighted by Gasteiger charge is 2.24. The standard InChI is InChI=1S/C37H60O8/c1-26(2)18-14-12-10-8-7-9-11-13-15-19-27(3)24-25-31-30(6)36(44-34(42)22-16-20-32(38)39)28(4)29(5)37(31)45-35(43)23-17-21-33(40)41/h26-27H,7-25H2,1-6H3,(H,38,39)(H,40,41). The molecule has 45 heavy (non-hydrogen) atoms. The number of carboxylic acids is 2. The Balaban J connectivity index is 2.80. The number of carbonyl (C=O) groups excluding carboxylic acids is 2. The normalized spacial score (nSPS) is 11.9. The molecule has 0 aliphatic carbocycles. The van der Waals surface area contributed by atoms with E-state index in [0.717, 1.165) is 29.9 Å². The molecule has 0 aliphatic heterocycles. The number of ether oxygens (including phenoxy) is 2. The van der Waals surface area contributed by atoms with Crippen molar-refractivity contribution < 1.29 is 38.9 Å². The maximum Gasteiger partial charge on any atom is 0.311 e. The van der Waals surface area contributed by atoms with Crippen LogP contribution < -0.4 is 9.47 Å². The van der Waals surface area contributed by atoms with E-state index in [2.05, 4.69) is 20.8 Å². The fourth-order valence-corrected chi connectivity index (χ4v) is 5.66. The third-order valence-corrected chi connectivity index (χ3v) is 8.65. The number of esters is 2. The van der Waals surface area contributed by atoms with Crippen LogP contribution in [0.15, 0.2) is 0 Å². The van der Waals surface area contributed by atoms with E-state index in [9.17, 15) is 19.2 Å². The summed E-state index contributed by atoms with van der Waals surface area (Å²) >= 11 is 0. The number of carboxylic acid groups (broad SMARTS) is 2. The van der Waals surface area contributed by atoms with E-state index < -0.39 is 23.9 Å². The highest BCUT2D eigenvalue weighted by Crippen LogP contribution is 2.39. The molecule has 1 aromatic rings. The van der Waals surface area contributed by atoms with Crippen LogP contribution in [0, 0.1) is 32.6 Å². The van der Waals surface area contributed by atoms with Gasteiger partial charge in [0.25, 0.3) is 0 Å². The zero-order valence-electron chi connectivity index (χ0n) is 28.9. The molecular weight excluding hydrogens is 572 g/mol. The first-order valence-corrected chi connectivity index (χ1v) is 17.3. The van der Waals surface area contributed by atoms with Crippen molar-refractivity contribution in [3.05, 3.63) is 22.3 Å². The Bertz CT molecular complexity index is 1070. The zero-order chi connectivity index (χ0) is 33.8. The van der Waals surface area contributed by atoms with Gasteiger partial charge in [-0.1, -0.05) is 91.4 Å². The van der Waals surface area contributed by atoms with Gasteiger partial charge in [-0.2, -0.15) is 0 Å². The summed E-state index contributed by atoms with van der Waals surface area (Å²) in [6, 6.07) is 0. The first kappa shape index (κ1) is 40.1. The van der Waals surface area contributed by atoms with Gasteiger partial charge in [-0.25, -0.2) is 0 Å². The summed E-state index contributed by atoms with van der Waals surface area (Å²) in [5.74, 6) is -0.722. The van der Waals surface area contributed by atoms with Gasteiger partial charge in [0.2, 0.25) is 0 Å². The van der Waals surface area contributed by atoms with E-state index >= 15 is 0 Å². The molecular formula is C37H60O8. The van der Waals surface area contributed by atoms with E-state index in [1.165, 1.54) is 64.2 Å². The van der Waals surface area contributed by atoms with Crippen LogP contribution >= 0.6 is 0 Å². The van der Waals surface area contributed by atoms with Gasteiger partial charge in [-0.3, -0.25) is 19.2 Å². The van der Waals surface area contributed by atoms with Crippen molar-refractivity contribution in [1.29, 1.82) is 0 Å². The second kappa shape index (κ2) is 22.6. The molecule has 8 nitrogen and oxygen atoms in total. The third kappa shape index (κ3) is 17.4. The summed E-state index contributed by atoms with van der Waals surface area (Å²) in [5.41, 5.74) is 2.93. The summed E-state index contributed by atoms with van der Waals surface area (Å²) < 4.78 is 11.6. The van der Waals surface area contributed by atoms with Crippen molar-refractivity contribution >= 4 is 23.9 Å². The van der Waals surface area contributed by atoms with Gasteiger partial charge in [0.1, 0.15) is 11.5 Å². The van der Waals surface area contributed by atoms with Gasteiger partial charge in [0.15, 0.2) is 0 Å². The fraction of sp³-hybridized carbons (Fsp3) is 0.730. The van der Waals surface area contributed by atoms with Crippen LogP contribution in [0.1, 0.15) is 159 Å². The highest BCUT2D eigenvalue weighted by atomic mass is 16.5. The zero-order valence-corrected chi connectivity index (χ0v) is 28.9. The third-order valence-electron chi connectivity index (χ3n) is 8.65. The lowest BCUT2D eigenvalue weighted by atomic mass is 9.90. The maximum atomic E-state index is 12.7. The fourth-order valence-electron chi connectivity index (χ4n) is 5.66. The smallest absolute Gasteiger partial charge is 0.311 e. The summed E-state index contributed by atoms with van der Waals surface area (Å²) in [5, 5.41) is 17.8. The van der Waals surface area contributed by atoms with Gasteiger partial charge in [-0.15, -0.1) is 0 Å². The SMILES string of the molecule is Cc1c(C)c(OC(=O)CCCC(=O)O)c(CCC(C)CCCCCCCCCCCC(C)C)c(C)c1OC(=O)CCCC(=O)O. The molecule has 1 unspecified atom stereocenters. The molecule has 0 spiro atoms. The average molecular weight is 633 g/mol. The Morgan fingerprint density at radius 2 is 0.956 bits per heavy atom. The molecule has 0 radical (unpaired) electrons. The highest BCUT2D eigenvalue weighted by molar-refractivity contribution is 5.77. The van der Waals surface area contributed by atoms with Crippen molar-refractivity contribution in [1.82, 2.24) is 0 Å². The molecule has 1 atom stereocenters. The largest absolute Gasteiger partial charge is 0.481 e. The van der Waals surface area contributed by atoms with Crippen molar-refractivity contribution in [2.45, 2.75) is 164 Å². The molecule has 0 bridgehead atoms. The second-order valence-electron chi connectivity index (χ2n) is 13.3. The minimum absolute atomic E-state index is 0.00186. The van der Waals surface area contributed by atoms with Crippen molar-refractivity contribution in [2.24, 2.45) is 11.8 Å². The molecule has 0 aliphatic rings. The Labute approximate surface area is 271 Å². The molecule has 2 N–H and O–H groups in total. The van der Waals surface area contributed by atoms with Gasteiger partial charge < -0.3 is 19.7 Å². The summed E-state index contributed by atoms with van der Waals surface area (Å²) in [6.45, 7) is 12.3. The van der Waals surface area contributed by atoms with Gasteiger partial charge in [0, 0.05) is 31.2 Å². The van der Waals surface area contributed by atoms with Crippen LogP contribution in [-0.4, -0.2) is 34.1 Å². The lowest BCUT2D eigenvalue weighted by Gasteiger charge is -2.22.